The second-order valence-corrected chi connectivity index (χ2v) is 4.83. The molecule has 0 aromatic heterocycles. The molecule has 84 valence electrons. The molecule has 0 aliphatic rings. The fraction of sp³-hybridized carbons (Fsp3) is 0.538. The molecule has 0 aliphatic heterocycles. The second-order valence-electron chi connectivity index (χ2n) is 3.84. The van der Waals surface area contributed by atoms with Gasteiger partial charge < -0.3 is 5.32 Å². The summed E-state index contributed by atoms with van der Waals surface area (Å²) in [6.45, 7) is 4.55. The molecule has 0 heterocycles. The van der Waals surface area contributed by atoms with Crippen molar-refractivity contribution in [1.29, 1.82) is 0 Å². The van der Waals surface area contributed by atoms with Gasteiger partial charge >= 0.3 is 0 Å². The average molecular weight is 223 g/mol. The molecule has 1 N–H and O–H groups in total. The quantitative estimate of drug-likeness (QED) is 0.713. The van der Waals surface area contributed by atoms with Crippen LogP contribution < -0.4 is 5.32 Å². The third-order valence-corrected chi connectivity index (χ3v) is 3.22. The number of nitrogens with one attached hydrogen (secondary N) is 1. The number of rotatable bonds is 7. The maximum atomic E-state index is 3.47. The van der Waals surface area contributed by atoms with E-state index in [1.807, 2.05) is 11.8 Å². The first kappa shape index (κ1) is 12.6. The Labute approximate surface area is 97.7 Å². The second kappa shape index (κ2) is 7.77. The molecule has 0 amide bonds. The minimum Gasteiger partial charge on any atom is -0.316 e. The molecule has 0 bridgehead atoms. The molecule has 1 unspecified atom stereocenters. The van der Waals surface area contributed by atoms with E-state index in [1.165, 1.54) is 17.7 Å². The van der Waals surface area contributed by atoms with Crippen molar-refractivity contribution in [3.05, 3.63) is 35.9 Å². The van der Waals surface area contributed by atoms with Crippen LogP contribution in [0, 0.1) is 0 Å². The molecule has 0 spiro atoms. The molecule has 1 atom stereocenters. The van der Waals surface area contributed by atoms with Crippen LogP contribution in [0.25, 0.3) is 0 Å². The normalized spacial score (nSPS) is 12.7. The molecule has 1 aromatic rings. The summed E-state index contributed by atoms with van der Waals surface area (Å²) in [7, 11) is 0. The summed E-state index contributed by atoms with van der Waals surface area (Å²) < 4.78 is 0. The summed E-state index contributed by atoms with van der Waals surface area (Å²) in [5.41, 5.74) is 1.45. The van der Waals surface area contributed by atoms with Crippen LogP contribution in [0.1, 0.15) is 24.8 Å². The Kier molecular flexibility index (Phi) is 6.53. The van der Waals surface area contributed by atoms with Gasteiger partial charge in [-0.3, -0.25) is 0 Å². The highest BCUT2D eigenvalue weighted by Crippen LogP contribution is 2.17. The predicted octanol–water partition coefficient (Wildman–Crippen LogP) is 3.13. The standard InChI is InChI=1S/C13H21NS/c1-12(8-9-14-10-11-15-2)13-6-4-3-5-7-13/h3-7,12,14H,8-11H2,1-2H3. The number of hydrogen-bond acceptors (Lipinski definition) is 2. The summed E-state index contributed by atoms with van der Waals surface area (Å²) >= 11 is 1.89. The van der Waals surface area contributed by atoms with Gasteiger partial charge in [-0.25, -0.2) is 0 Å². The van der Waals surface area contributed by atoms with Crippen molar-refractivity contribution in [2.24, 2.45) is 0 Å². The maximum Gasteiger partial charge on any atom is 0.00553 e. The van der Waals surface area contributed by atoms with Gasteiger partial charge in [0.25, 0.3) is 0 Å². The fourth-order valence-corrected chi connectivity index (χ4v) is 1.91. The van der Waals surface area contributed by atoms with Crippen molar-refractivity contribution in [3.63, 3.8) is 0 Å². The molecule has 1 rings (SSSR count). The van der Waals surface area contributed by atoms with Gasteiger partial charge in [0, 0.05) is 12.3 Å². The molecular formula is C13H21NS. The van der Waals surface area contributed by atoms with Crippen molar-refractivity contribution >= 4 is 11.8 Å². The monoisotopic (exact) mass is 223 g/mol. The molecule has 0 radical (unpaired) electrons. The molecule has 0 fully saturated rings. The first-order valence-corrected chi connectivity index (χ1v) is 6.98. The zero-order chi connectivity index (χ0) is 10.9. The van der Waals surface area contributed by atoms with Gasteiger partial charge in [-0.2, -0.15) is 11.8 Å². The van der Waals surface area contributed by atoms with Crippen LogP contribution in [0.4, 0.5) is 0 Å². The highest BCUT2D eigenvalue weighted by Gasteiger charge is 2.03. The average Bonchev–Trinajstić information content (AvgIpc) is 2.30. The first-order valence-electron chi connectivity index (χ1n) is 5.59. The first-order chi connectivity index (χ1) is 7.34. The zero-order valence-corrected chi connectivity index (χ0v) is 10.5. The third kappa shape index (κ3) is 5.24. The van der Waals surface area contributed by atoms with Crippen LogP contribution in [-0.4, -0.2) is 25.1 Å². The predicted molar refractivity (Wildman–Crippen MR) is 70.7 cm³/mol. The Hall–Kier alpha value is -0.470. The molecule has 1 nitrogen and oxygen atoms in total. The summed E-state index contributed by atoms with van der Waals surface area (Å²) in [4.78, 5) is 0. The Morgan fingerprint density at radius 2 is 1.93 bits per heavy atom. The summed E-state index contributed by atoms with van der Waals surface area (Å²) in [5, 5.41) is 3.47. The van der Waals surface area contributed by atoms with Crippen LogP contribution >= 0.6 is 11.8 Å². The van der Waals surface area contributed by atoms with E-state index in [0.29, 0.717) is 5.92 Å². The van der Waals surface area contributed by atoms with Crippen LogP contribution in [0.3, 0.4) is 0 Å². The lowest BCUT2D eigenvalue weighted by Gasteiger charge is -2.12. The van der Waals surface area contributed by atoms with Crippen LogP contribution in [0.5, 0.6) is 0 Å². The molecule has 0 aliphatic carbocycles. The Bertz CT molecular complexity index is 248. The lowest BCUT2D eigenvalue weighted by Crippen LogP contribution is -2.19. The van der Waals surface area contributed by atoms with E-state index < -0.39 is 0 Å². The van der Waals surface area contributed by atoms with E-state index in [1.54, 1.807) is 0 Å². The van der Waals surface area contributed by atoms with Crippen molar-refractivity contribution < 1.29 is 0 Å². The van der Waals surface area contributed by atoms with Gasteiger partial charge in [0.1, 0.15) is 0 Å². The third-order valence-electron chi connectivity index (χ3n) is 2.61. The lowest BCUT2D eigenvalue weighted by atomic mass is 9.98. The van der Waals surface area contributed by atoms with Gasteiger partial charge in [-0.15, -0.1) is 0 Å². The Morgan fingerprint density at radius 1 is 1.20 bits per heavy atom. The summed E-state index contributed by atoms with van der Waals surface area (Å²) in [6.07, 6.45) is 3.37. The molecule has 2 heteroatoms. The Balaban J connectivity index is 2.16. The van der Waals surface area contributed by atoms with E-state index in [9.17, 15) is 0 Å². The maximum absolute atomic E-state index is 3.47. The number of thioether (sulfide) groups is 1. The van der Waals surface area contributed by atoms with E-state index in [4.69, 9.17) is 0 Å². The minimum atomic E-state index is 0.660. The number of benzene rings is 1. The highest BCUT2D eigenvalue weighted by molar-refractivity contribution is 7.98. The molecule has 15 heavy (non-hydrogen) atoms. The van der Waals surface area contributed by atoms with Gasteiger partial charge in [-0.1, -0.05) is 37.3 Å². The summed E-state index contributed by atoms with van der Waals surface area (Å²) in [6, 6.07) is 10.7. The fourth-order valence-electron chi connectivity index (χ4n) is 1.57. The molecule has 0 saturated heterocycles. The van der Waals surface area contributed by atoms with Crippen LogP contribution in [-0.2, 0) is 0 Å². The summed E-state index contributed by atoms with van der Waals surface area (Å²) in [5.74, 6) is 1.87. The van der Waals surface area contributed by atoms with Crippen molar-refractivity contribution in [2.45, 2.75) is 19.3 Å². The van der Waals surface area contributed by atoms with Crippen molar-refractivity contribution in [1.82, 2.24) is 5.32 Å². The van der Waals surface area contributed by atoms with Gasteiger partial charge in [-0.05, 0) is 30.7 Å². The molecule has 0 saturated carbocycles. The number of hydrogen-bond donors (Lipinski definition) is 1. The molecule has 1 aromatic carbocycles. The van der Waals surface area contributed by atoms with E-state index in [2.05, 4.69) is 48.8 Å². The highest BCUT2D eigenvalue weighted by atomic mass is 32.2. The van der Waals surface area contributed by atoms with Gasteiger partial charge in [0.2, 0.25) is 0 Å². The zero-order valence-electron chi connectivity index (χ0n) is 9.70. The van der Waals surface area contributed by atoms with Crippen LogP contribution in [0.15, 0.2) is 30.3 Å². The SMILES string of the molecule is CSCCNCCC(C)c1ccccc1. The molecular weight excluding hydrogens is 202 g/mol. The Morgan fingerprint density at radius 3 is 2.60 bits per heavy atom. The van der Waals surface area contributed by atoms with E-state index >= 15 is 0 Å². The van der Waals surface area contributed by atoms with Crippen molar-refractivity contribution in [3.8, 4) is 0 Å². The van der Waals surface area contributed by atoms with Crippen molar-refractivity contribution in [2.75, 3.05) is 25.1 Å². The topological polar surface area (TPSA) is 12.0 Å². The minimum absolute atomic E-state index is 0.660. The largest absolute Gasteiger partial charge is 0.316 e. The van der Waals surface area contributed by atoms with Gasteiger partial charge in [0.15, 0.2) is 0 Å². The van der Waals surface area contributed by atoms with E-state index in [-0.39, 0.29) is 0 Å². The lowest BCUT2D eigenvalue weighted by molar-refractivity contribution is 0.610. The smallest absolute Gasteiger partial charge is 0.00553 e. The van der Waals surface area contributed by atoms with E-state index in [0.717, 1.165) is 13.1 Å². The van der Waals surface area contributed by atoms with Crippen LogP contribution in [0.2, 0.25) is 0 Å². The van der Waals surface area contributed by atoms with Gasteiger partial charge in [0.05, 0.1) is 0 Å².